The second-order valence-electron chi connectivity index (χ2n) is 5.56. The first-order valence-corrected chi connectivity index (χ1v) is 8.60. The van der Waals surface area contributed by atoms with E-state index in [0.29, 0.717) is 17.1 Å². The molecular formula is C18H15N5OS. The van der Waals surface area contributed by atoms with E-state index in [2.05, 4.69) is 15.4 Å². The number of nitrogens with two attached hydrogens (primary N) is 1. The molecule has 0 spiro atoms. The van der Waals surface area contributed by atoms with Crippen LogP contribution in [0.4, 0.5) is 5.95 Å². The largest absolute Gasteiger partial charge is 0.366 e. The van der Waals surface area contributed by atoms with Gasteiger partial charge in [-0.1, -0.05) is 30.3 Å². The van der Waals surface area contributed by atoms with Crippen LogP contribution in [0.3, 0.4) is 0 Å². The van der Waals surface area contributed by atoms with Crippen LogP contribution in [0, 0.1) is 0 Å². The predicted octanol–water partition coefficient (Wildman–Crippen LogP) is 2.97. The molecule has 0 aliphatic rings. The molecule has 0 aliphatic carbocycles. The van der Waals surface area contributed by atoms with Gasteiger partial charge in [0, 0.05) is 18.3 Å². The monoisotopic (exact) mass is 349 g/mol. The summed E-state index contributed by atoms with van der Waals surface area (Å²) in [5, 5.41) is 9.01. The maximum atomic E-state index is 12.3. The molecule has 4 rings (SSSR count). The number of thiophene rings is 1. The van der Waals surface area contributed by atoms with E-state index < -0.39 is 0 Å². The second-order valence-corrected chi connectivity index (χ2v) is 6.47. The highest BCUT2D eigenvalue weighted by molar-refractivity contribution is 7.12. The van der Waals surface area contributed by atoms with Gasteiger partial charge in [0.05, 0.1) is 4.88 Å². The first kappa shape index (κ1) is 15.3. The van der Waals surface area contributed by atoms with Crippen LogP contribution in [0.5, 0.6) is 0 Å². The molecule has 3 N–H and O–H groups in total. The number of anilines is 1. The van der Waals surface area contributed by atoms with Crippen molar-refractivity contribution < 1.29 is 4.79 Å². The maximum absolute atomic E-state index is 12.3. The molecule has 25 heavy (non-hydrogen) atoms. The van der Waals surface area contributed by atoms with Gasteiger partial charge in [0.1, 0.15) is 0 Å². The predicted molar refractivity (Wildman–Crippen MR) is 98.3 cm³/mol. The van der Waals surface area contributed by atoms with E-state index in [1.807, 2.05) is 60.1 Å². The number of pyridine rings is 1. The number of carbonyl (C=O) groups excluding carboxylic acids is 1. The van der Waals surface area contributed by atoms with E-state index in [4.69, 9.17) is 5.73 Å². The zero-order valence-electron chi connectivity index (χ0n) is 13.2. The molecular weight excluding hydrogens is 334 g/mol. The molecule has 0 radical (unpaired) electrons. The minimum Gasteiger partial charge on any atom is -0.366 e. The number of hydrogen-bond acceptors (Lipinski definition) is 5. The summed E-state index contributed by atoms with van der Waals surface area (Å²) in [6, 6.07) is 15.5. The number of aromatic nitrogens is 3. The summed E-state index contributed by atoms with van der Waals surface area (Å²) in [6.07, 6.45) is 1.85. The number of hydrogen-bond donors (Lipinski definition) is 2. The van der Waals surface area contributed by atoms with Crippen molar-refractivity contribution in [2.75, 3.05) is 5.73 Å². The van der Waals surface area contributed by atoms with Crippen molar-refractivity contribution in [1.82, 2.24) is 19.9 Å². The van der Waals surface area contributed by atoms with Crippen molar-refractivity contribution in [1.29, 1.82) is 0 Å². The van der Waals surface area contributed by atoms with E-state index in [1.165, 1.54) is 11.3 Å². The van der Waals surface area contributed by atoms with Gasteiger partial charge in [0.15, 0.2) is 5.65 Å². The zero-order valence-corrected chi connectivity index (χ0v) is 14.0. The van der Waals surface area contributed by atoms with Crippen LogP contribution in [0.2, 0.25) is 0 Å². The van der Waals surface area contributed by atoms with Crippen molar-refractivity contribution in [3.63, 3.8) is 0 Å². The van der Waals surface area contributed by atoms with Gasteiger partial charge in [-0.2, -0.15) is 4.98 Å². The number of nitrogen functional groups attached to an aromatic ring is 1. The van der Waals surface area contributed by atoms with Gasteiger partial charge in [-0.15, -0.1) is 16.4 Å². The van der Waals surface area contributed by atoms with E-state index in [-0.39, 0.29) is 11.9 Å². The Balaban J connectivity index is 1.51. The molecule has 7 heteroatoms. The van der Waals surface area contributed by atoms with E-state index in [1.54, 1.807) is 4.52 Å². The Bertz CT molecular complexity index is 1040. The third-order valence-electron chi connectivity index (χ3n) is 3.80. The Kier molecular flexibility index (Phi) is 3.91. The molecule has 6 nitrogen and oxygen atoms in total. The van der Waals surface area contributed by atoms with Crippen molar-refractivity contribution in [2.45, 2.75) is 6.54 Å². The summed E-state index contributed by atoms with van der Waals surface area (Å²) < 4.78 is 1.64. The van der Waals surface area contributed by atoms with Gasteiger partial charge in [-0.05, 0) is 34.7 Å². The van der Waals surface area contributed by atoms with Crippen LogP contribution < -0.4 is 11.1 Å². The Labute approximate surface area is 147 Å². The Morgan fingerprint density at radius 3 is 2.84 bits per heavy atom. The number of nitrogens with zero attached hydrogens (tertiary/aromatic N) is 3. The van der Waals surface area contributed by atoms with Crippen LogP contribution in [-0.4, -0.2) is 20.5 Å². The van der Waals surface area contributed by atoms with Gasteiger partial charge >= 0.3 is 0 Å². The van der Waals surface area contributed by atoms with Crippen molar-refractivity contribution in [2.24, 2.45) is 0 Å². The molecule has 3 heterocycles. The van der Waals surface area contributed by atoms with Crippen LogP contribution in [-0.2, 0) is 6.54 Å². The quantitative estimate of drug-likeness (QED) is 0.593. The standard InChI is InChI=1S/C18H15N5OS/c19-18-21-16-7-6-13(10-23(16)22-18)14-8-15(25-11-14)17(24)20-9-12-4-2-1-3-5-12/h1-8,10-11H,9H2,(H2,19,22)(H,20,24). The lowest BCUT2D eigenvalue weighted by Crippen LogP contribution is -2.21. The molecule has 1 amide bonds. The normalized spacial score (nSPS) is 10.9. The third kappa shape index (κ3) is 3.22. The SMILES string of the molecule is Nc1nc2ccc(-c3csc(C(=O)NCc4ccccc4)c3)cn2n1. The summed E-state index contributed by atoms with van der Waals surface area (Å²) in [4.78, 5) is 17.1. The van der Waals surface area contributed by atoms with Gasteiger partial charge in [-0.3, -0.25) is 4.79 Å². The van der Waals surface area contributed by atoms with Crippen LogP contribution >= 0.6 is 11.3 Å². The van der Waals surface area contributed by atoms with Gasteiger partial charge in [0.25, 0.3) is 5.91 Å². The number of fused-ring (bicyclic) bond motifs is 1. The molecule has 3 aromatic heterocycles. The zero-order chi connectivity index (χ0) is 17.2. The van der Waals surface area contributed by atoms with Gasteiger partial charge in [-0.25, -0.2) is 4.52 Å². The molecule has 4 aromatic rings. The Morgan fingerprint density at radius 1 is 1.16 bits per heavy atom. The maximum Gasteiger partial charge on any atom is 0.261 e. The van der Waals surface area contributed by atoms with Gasteiger partial charge in [0.2, 0.25) is 5.95 Å². The lowest BCUT2D eigenvalue weighted by molar-refractivity contribution is 0.0955. The third-order valence-corrected chi connectivity index (χ3v) is 4.73. The molecule has 0 bridgehead atoms. The van der Waals surface area contributed by atoms with Crippen molar-refractivity contribution >= 4 is 28.8 Å². The number of amides is 1. The summed E-state index contributed by atoms with van der Waals surface area (Å²) in [7, 11) is 0. The van der Waals surface area contributed by atoms with Crippen molar-refractivity contribution in [3.8, 4) is 11.1 Å². The number of carbonyl (C=O) groups is 1. The summed E-state index contributed by atoms with van der Waals surface area (Å²) >= 11 is 1.42. The van der Waals surface area contributed by atoms with E-state index in [9.17, 15) is 4.79 Å². The topological polar surface area (TPSA) is 85.3 Å². The number of nitrogens with one attached hydrogen (secondary N) is 1. The van der Waals surface area contributed by atoms with Crippen LogP contribution in [0.15, 0.2) is 60.1 Å². The highest BCUT2D eigenvalue weighted by Crippen LogP contribution is 2.26. The Morgan fingerprint density at radius 2 is 2.00 bits per heavy atom. The van der Waals surface area contributed by atoms with Gasteiger partial charge < -0.3 is 11.1 Å². The molecule has 124 valence electrons. The Hall–Kier alpha value is -3.19. The van der Waals surface area contributed by atoms with Crippen LogP contribution in [0.25, 0.3) is 16.8 Å². The fourth-order valence-corrected chi connectivity index (χ4v) is 3.38. The average molecular weight is 349 g/mol. The fraction of sp³-hybridized carbons (Fsp3) is 0.0556. The average Bonchev–Trinajstić information content (AvgIpc) is 3.25. The molecule has 0 aliphatic heterocycles. The van der Waals surface area contributed by atoms with Crippen molar-refractivity contribution in [3.05, 3.63) is 70.5 Å². The number of benzene rings is 1. The first-order chi connectivity index (χ1) is 12.2. The molecule has 0 saturated carbocycles. The summed E-state index contributed by atoms with van der Waals surface area (Å²) in [5.41, 5.74) is 9.29. The van der Waals surface area contributed by atoms with E-state index >= 15 is 0 Å². The molecule has 1 aromatic carbocycles. The number of rotatable bonds is 4. The first-order valence-electron chi connectivity index (χ1n) is 7.72. The smallest absolute Gasteiger partial charge is 0.261 e. The highest BCUT2D eigenvalue weighted by Gasteiger charge is 2.11. The summed E-state index contributed by atoms with van der Waals surface area (Å²) in [6.45, 7) is 0.511. The fourth-order valence-electron chi connectivity index (χ4n) is 2.54. The second kappa shape index (κ2) is 6.37. The molecule has 0 atom stereocenters. The summed E-state index contributed by atoms with van der Waals surface area (Å²) in [5.74, 6) is 0.162. The van der Waals surface area contributed by atoms with Crippen LogP contribution in [0.1, 0.15) is 15.2 Å². The minimum absolute atomic E-state index is 0.0776. The lowest BCUT2D eigenvalue weighted by Gasteiger charge is -2.03. The molecule has 0 fully saturated rings. The van der Waals surface area contributed by atoms with E-state index in [0.717, 1.165) is 16.7 Å². The molecule has 0 saturated heterocycles. The minimum atomic E-state index is -0.0776. The highest BCUT2D eigenvalue weighted by atomic mass is 32.1. The lowest BCUT2D eigenvalue weighted by atomic mass is 10.1. The molecule has 0 unspecified atom stereocenters.